The van der Waals surface area contributed by atoms with Crippen LogP contribution in [0.1, 0.15) is 32.3 Å². The van der Waals surface area contributed by atoms with Crippen molar-refractivity contribution >= 4 is 23.7 Å². The molecule has 0 aliphatic carbocycles. The van der Waals surface area contributed by atoms with Crippen molar-refractivity contribution < 1.29 is 19.4 Å². The number of hydrogen-bond acceptors (Lipinski definition) is 3. The molecule has 1 N–H and O–H groups in total. The van der Waals surface area contributed by atoms with Gasteiger partial charge in [0.1, 0.15) is 0 Å². The Morgan fingerprint density at radius 2 is 1.77 bits per heavy atom. The normalized spacial score (nSPS) is 17.4. The van der Waals surface area contributed by atoms with Gasteiger partial charge >= 0.3 is 12.1 Å². The molecule has 0 unspecified atom stereocenters. The minimum Gasteiger partial charge on any atom is -0.481 e. The topological polar surface area (TPSA) is 66.8 Å². The average molecular weight is 326 g/mol. The predicted molar refractivity (Wildman–Crippen MR) is 83.2 cm³/mol. The summed E-state index contributed by atoms with van der Waals surface area (Å²) in [5.74, 6) is -0.869. The Kier molecular flexibility index (Phi) is 4.96. The summed E-state index contributed by atoms with van der Waals surface area (Å²) >= 11 is 5.87. The van der Waals surface area contributed by atoms with Crippen molar-refractivity contribution in [1.82, 2.24) is 4.90 Å². The van der Waals surface area contributed by atoms with E-state index in [9.17, 15) is 14.7 Å². The third kappa shape index (κ3) is 3.35. The monoisotopic (exact) mass is 325 g/mol. The maximum absolute atomic E-state index is 11.9. The Morgan fingerprint density at radius 3 is 2.23 bits per heavy atom. The minimum atomic E-state index is -0.973. The fourth-order valence-corrected chi connectivity index (χ4v) is 2.87. The number of carbonyl (C=O) groups excluding carboxylic acids is 1. The van der Waals surface area contributed by atoms with E-state index in [0.29, 0.717) is 31.0 Å². The third-order valence-corrected chi connectivity index (χ3v) is 4.27. The van der Waals surface area contributed by atoms with Crippen LogP contribution in [-0.2, 0) is 14.9 Å². The molecule has 5 nitrogen and oxygen atoms in total. The zero-order valence-electron chi connectivity index (χ0n) is 12.7. The molecule has 1 aliphatic heterocycles. The van der Waals surface area contributed by atoms with Gasteiger partial charge in [-0.1, -0.05) is 23.7 Å². The lowest BCUT2D eigenvalue weighted by Crippen LogP contribution is -2.49. The number of likely N-dealkylation sites (tertiary alicyclic amines) is 1. The molecule has 2 rings (SSSR count). The number of ether oxygens (including phenoxy) is 1. The summed E-state index contributed by atoms with van der Waals surface area (Å²) in [5, 5.41) is 10.3. The molecular weight excluding hydrogens is 306 g/mol. The lowest BCUT2D eigenvalue weighted by Gasteiger charge is -2.38. The van der Waals surface area contributed by atoms with E-state index in [1.807, 2.05) is 0 Å². The van der Waals surface area contributed by atoms with Gasteiger partial charge in [-0.2, -0.15) is 0 Å². The molecule has 1 aliphatic rings. The summed E-state index contributed by atoms with van der Waals surface area (Å²) in [6, 6.07) is 6.89. The number of hydrogen-bond donors (Lipinski definition) is 1. The number of halogens is 1. The van der Waals surface area contributed by atoms with Gasteiger partial charge in [-0.15, -0.1) is 0 Å². The van der Waals surface area contributed by atoms with Crippen LogP contribution in [0.2, 0.25) is 5.02 Å². The highest BCUT2D eigenvalue weighted by Crippen LogP contribution is 2.36. The third-order valence-electron chi connectivity index (χ3n) is 4.02. The van der Waals surface area contributed by atoms with Crippen molar-refractivity contribution in [1.29, 1.82) is 0 Å². The molecule has 0 saturated carbocycles. The van der Waals surface area contributed by atoms with E-state index in [2.05, 4.69) is 0 Å². The first-order valence-corrected chi connectivity index (χ1v) is 7.68. The second-order valence-corrected chi connectivity index (χ2v) is 6.25. The zero-order chi connectivity index (χ0) is 16.3. The number of piperidine rings is 1. The minimum absolute atomic E-state index is 0.185. The summed E-state index contributed by atoms with van der Waals surface area (Å²) in [7, 11) is 0. The van der Waals surface area contributed by atoms with Crippen molar-refractivity contribution in [2.45, 2.75) is 38.2 Å². The van der Waals surface area contributed by atoms with Gasteiger partial charge in [0, 0.05) is 18.1 Å². The van der Waals surface area contributed by atoms with Crippen LogP contribution < -0.4 is 0 Å². The van der Waals surface area contributed by atoms with Crippen molar-refractivity contribution in [3.05, 3.63) is 34.9 Å². The fourth-order valence-electron chi connectivity index (χ4n) is 2.74. The highest BCUT2D eigenvalue weighted by Gasteiger charge is 2.44. The average Bonchev–Trinajstić information content (AvgIpc) is 2.47. The summed E-state index contributed by atoms with van der Waals surface area (Å²) in [4.78, 5) is 25.3. The van der Waals surface area contributed by atoms with Crippen molar-refractivity contribution in [3.8, 4) is 0 Å². The number of carboxylic acid groups (broad SMARTS) is 1. The second kappa shape index (κ2) is 6.57. The van der Waals surface area contributed by atoms with Crippen molar-refractivity contribution in [2.24, 2.45) is 0 Å². The van der Waals surface area contributed by atoms with Gasteiger partial charge in [-0.3, -0.25) is 4.79 Å². The molecule has 1 heterocycles. The molecule has 0 bridgehead atoms. The number of amides is 1. The molecule has 1 amide bonds. The molecule has 1 saturated heterocycles. The Labute approximate surface area is 134 Å². The van der Waals surface area contributed by atoms with Crippen LogP contribution in [0.3, 0.4) is 0 Å². The van der Waals surface area contributed by atoms with Gasteiger partial charge in [-0.25, -0.2) is 4.79 Å². The second-order valence-electron chi connectivity index (χ2n) is 5.81. The van der Waals surface area contributed by atoms with Crippen LogP contribution in [0.15, 0.2) is 24.3 Å². The standard InChI is InChI=1S/C16H20ClNO4/c1-11(2)22-15(21)18-9-7-16(8-10-18,14(19)20)12-3-5-13(17)6-4-12/h3-6,11H,7-10H2,1-2H3,(H,19,20). The maximum atomic E-state index is 11.9. The Bertz CT molecular complexity index is 548. The first kappa shape index (κ1) is 16.6. The Morgan fingerprint density at radius 1 is 1.23 bits per heavy atom. The molecular formula is C16H20ClNO4. The predicted octanol–water partition coefficient (Wildman–Crippen LogP) is 3.30. The van der Waals surface area contributed by atoms with Gasteiger partial charge in [0.05, 0.1) is 11.5 Å². The highest BCUT2D eigenvalue weighted by molar-refractivity contribution is 6.30. The molecule has 0 atom stereocenters. The smallest absolute Gasteiger partial charge is 0.410 e. The summed E-state index contributed by atoms with van der Waals surface area (Å²) in [6.07, 6.45) is 0.147. The number of rotatable bonds is 3. The van der Waals surface area contributed by atoms with E-state index in [1.54, 1.807) is 43.0 Å². The van der Waals surface area contributed by atoms with E-state index >= 15 is 0 Å². The van der Waals surface area contributed by atoms with Crippen LogP contribution in [-0.4, -0.2) is 41.3 Å². The van der Waals surface area contributed by atoms with Crippen molar-refractivity contribution in [3.63, 3.8) is 0 Å². The van der Waals surface area contributed by atoms with E-state index in [1.165, 1.54) is 0 Å². The lowest BCUT2D eigenvalue weighted by atomic mass is 9.73. The van der Waals surface area contributed by atoms with Crippen LogP contribution in [0.25, 0.3) is 0 Å². The number of aliphatic carboxylic acids is 1. The van der Waals surface area contributed by atoms with Crippen LogP contribution >= 0.6 is 11.6 Å². The Hall–Kier alpha value is -1.75. The summed E-state index contributed by atoms with van der Waals surface area (Å²) in [6.45, 7) is 4.30. The SMILES string of the molecule is CC(C)OC(=O)N1CCC(C(=O)O)(c2ccc(Cl)cc2)CC1. The molecule has 0 radical (unpaired) electrons. The number of carboxylic acids is 1. The Balaban J connectivity index is 2.15. The lowest BCUT2D eigenvalue weighted by molar-refractivity contribution is -0.145. The van der Waals surface area contributed by atoms with Gasteiger partial charge < -0.3 is 14.7 Å². The molecule has 1 aromatic carbocycles. The number of nitrogens with zero attached hydrogens (tertiary/aromatic N) is 1. The van der Waals surface area contributed by atoms with E-state index in [4.69, 9.17) is 16.3 Å². The highest BCUT2D eigenvalue weighted by atomic mass is 35.5. The van der Waals surface area contributed by atoms with Gasteiger partial charge in [-0.05, 0) is 44.4 Å². The molecule has 6 heteroatoms. The van der Waals surface area contributed by atoms with Gasteiger partial charge in [0.15, 0.2) is 0 Å². The number of carbonyl (C=O) groups is 2. The van der Waals surface area contributed by atoms with E-state index < -0.39 is 11.4 Å². The zero-order valence-corrected chi connectivity index (χ0v) is 13.5. The number of benzene rings is 1. The largest absolute Gasteiger partial charge is 0.481 e. The first-order valence-electron chi connectivity index (χ1n) is 7.30. The maximum Gasteiger partial charge on any atom is 0.410 e. The fraction of sp³-hybridized carbons (Fsp3) is 0.500. The molecule has 120 valence electrons. The van der Waals surface area contributed by atoms with Gasteiger partial charge in [0.2, 0.25) is 0 Å². The van der Waals surface area contributed by atoms with Crippen LogP contribution in [0.4, 0.5) is 4.79 Å². The van der Waals surface area contributed by atoms with E-state index in [-0.39, 0.29) is 12.2 Å². The summed E-state index contributed by atoms with van der Waals surface area (Å²) in [5.41, 5.74) is -0.250. The quantitative estimate of drug-likeness (QED) is 0.926. The summed E-state index contributed by atoms with van der Waals surface area (Å²) < 4.78 is 5.16. The van der Waals surface area contributed by atoms with Crippen molar-refractivity contribution in [2.75, 3.05) is 13.1 Å². The first-order chi connectivity index (χ1) is 10.3. The molecule has 1 aromatic rings. The molecule has 1 fully saturated rings. The van der Waals surface area contributed by atoms with Gasteiger partial charge in [0.25, 0.3) is 0 Å². The molecule has 22 heavy (non-hydrogen) atoms. The van der Waals surface area contributed by atoms with Crippen LogP contribution in [0, 0.1) is 0 Å². The molecule has 0 aromatic heterocycles. The molecule has 0 spiro atoms. The van der Waals surface area contributed by atoms with E-state index in [0.717, 1.165) is 5.56 Å². The van der Waals surface area contributed by atoms with Crippen LogP contribution in [0.5, 0.6) is 0 Å².